The van der Waals surface area contributed by atoms with Crippen molar-refractivity contribution in [1.29, 1.82) is 0 Å². The van der Waals surface area contributed by atoms with Gasteiger partial charge in [-0.15, -0.1) is 0 Å². The molecular formula is C16H21NO2. The van der Waals surface area contributed by atoms with E-state index in [0.29, 0.717) is 18.0 Å². The zero-order chi connectivity index (χ0) is 14.2. The predicted octanol–water partition coefficient (Wildman–Crippen LogP) is 3.27. The fourth-order valence-electron chi connectivity index (χ4n) is 2.74. The van der Waals surface area contributed by atoms with Gasteiger partial charge in [-0.1, -0.05) is 26.3 Å². The second-order valence-electron chi connectivity index (χ2n) is 5.54. The van der Waals surface area contributed by atoms with E-state index >= 15 is 0 Å². The lowest BCUT2D eigenvalue weighted by Crippen LogP contribution is -2.34. The summed E-state index contributed by atoms with van der Waals surface area (Å²) in [4.78, 5) is 25.8. The highest BCUT2D eigenvalue weighted by atomic mass is 16.2. The Kier molecular flexibility index (Phi) is 3.74. The summed E-state index contributed by atoms with van der Waals surface area (Å²) in [6.07, 6.45) is 2.16. The van der Waals surface area contributed by atoms with E-state index < -0.39 is 0 Å². The SMILES string of the molecule is CCCC(C)CN1C(=O)C(=O)c2ccc(C)c(C)c21. The molecule has 0 aliphatic carbocycles. The lowest BCUT2D eigenvalue weighted by atomic mass is 10.0. The second kappa shape index (κ2) is 5.16. The maximum atomic E-state index is 12.1. The quantitative estimate of drug-likeness (QED) is 0.778. The van der Waals surface area contributed by atoms with Crippen LogP contribution in [-0.4, -0.2) is 18.2 Å². The highest BCUT2D eigenvalue weighted by Crippen LogP contribution is 2.34. The number of anilines is 1. The van der Waals surface area contributed by atoms with E-state index in [4.69, 9.17) is 0 Å². The standard InChI is InChI=1S/C16H21NO2/c1-5-6-10(2)9-17-14-12(4)11(3)7-8-13(14)15(18)16(17)19/h7-8,10H,5-6,9H2,1-4H3. The summed E-state index contributed by atoms with van der Waals surface area (Å²) in [6, 6.07) is 3.70. The van der Waals surface area contributed by atoms with Crippen molar-refractivity contribution in [3.05, 3.63) is 28.8 Å². The van der Waals surface area contributed by atoms with Crippen LogP contribution in [0.3, 0.4) is 0 Å². The molecule has 0 radical (unpaired) electrons. The van der Waals surface area contributed by atoms with Gasteiger partial charge in [-0.05, 0) is 43.4 Å². The molecule has 0 aromatic heterocycles. The molecule has 0 spiro atoms. The van der Waals surface area contributed by atoms with Crippen molar-refractivity contribution in [2.24, 2.45) is 5.92 Å². The Balaban J connectivity index is 2.40. The molecule has 2 rings (SSSR count). The topological polar surface area (TPSA) is 37.4 Å². The van der Waals surface area contributed by atoms with E-state index in [0.717, 1.165) is 29.7 Å². The van der Waals surface area contributed by atoms with E-state index in [2.05, 4.69) is 13.8 Å². The van der Waals surface area contributed by atoms with Crippen LogP contribution in [0.2, 0.25) is 0 Å². The van der Waals surface area contributed by atoms with Crippen molar-refractivity contribution in [3.63, 3.8) is 0 Å². The van der Waals surface area contributed by atoms with Gasteiger partial charge in [0.25, 0.3) is 11.7 Å². The number of hydrogen-bond donors (Lipinski definition) is 0. The van der Waals surface area contributed by atoms with Crippen LogP contribution in [0.25, 0.3) is 0 Å². The molecule has 102 valence electrons. The fraction of sp³-hybridized carbons (Fsp3) is 0.500. The molecule has 1 aromatic carbocycles. The van der Waals surface area contributed by atoms with Gasteiger partial charge in [-0.2, -0.15) is 0 Å². The number of amides is 1. The lowest BCUT2D eigenvalue weighted by Gasteiger charge is -2.23. The van der Waals surface area contributed by atoms with Crippen molar-refractivity contribution in [2.75, 3.05) is 11.4 Å². The minimum Gasteiger partial charge on any atom is -0.304 e. The van der Waals surface area contributed by atoms with E-state index in [1.165, 1.54) is 0 Å². The molecule has 1 aliphatic rings. The molecule has 0 fully saturated rings. The highest BCUT2D eigenvalue weighted by molar-refractivity contribution is 6.52. The van der Waals surface area contributed by atoms with Crippen LogP contribution < -0.4 is 4.90 Å². The average Bonchev–Trinajstić information content (AvgIpc) is 2.60. The largest absolute Gasteiger partial charge is 0.304 e. The number of hydrogen-bond acceptors (Lipinski definition) is 2. The first-order valence-electron chi connectivity index (χ1n) is 6.93. The highest BCUT2D eigenvalue weighted by Gasteiger charge is 2.37. The summed E-state index contributed by atoms with van der Waals surface area (Å²) >= 11 is 0. The molecule has 1 atom stereocenters. The molecule has 0 saturated carbocycles. The van der Waals surface area contributed by atoms with Gasteiger partial charge in [0.1, 0.15) is 0 Å². The van der Waals surface area contributed by atoms with E-state index in [1.54, 1.807) is 11.0 Å². The lowest BCUT2D eigenvalue weighted by molar-refractivity contribution is -0.114. The Labute approximate surface area is 114 Å². The van der Waals surface area contributed by atoms with Crippen molar-refractivity contribution in [3.8, 4) is 0 Å². The molecule has 3 heteroatoms. The van der Waals surface area contributed by atoms with Crippen LogP contribution in [0.5, 0.6) is 0 Å². The van der Waals surface area contributed by atoms with Gasteiger partial charge in [-0.25, -0.2) is 0 Å². The van der Waals surface area contributed by atoms with Crippen LogP contribution in [0.4, 0.5) is 5.69 Å². The number of carbonyl (C=O) groups excluding carboxylic acids is 2. The van der Waals surface area contributed by atoms with Gasteiger partial charge in [0.05, 0.1) is 11.3 Å². The molecule has 19 heavy (non-hydrogen) atoms. The Bertz CT molecular complexity index is 534. The molecule has 1 heterocycles. The van der Waals surface area contributed by atoms with Crippen molar-refractivity contribution in [1.82, 2.24) is 0 Å². The molecule has 1 aliphatic heterocycles. The molecule has 0 bridgehead atoms. The first-order valence-corrected chi connectivity index (χ1v) is 6.93. The van der Waals surface area contributed by atoms with Gasteiger partial charge in [0.2, 0.25) is 0 Å². The third kappa shape index (κ3) is 2.29. The van der Waals surface area contributed by atoms with Crippen molar-refractivity contribution < 1.29 is 9.59 Å². The molecule has 0 N–H and O–H groups in total. The van der Waals surface area contributed by atoms with E-state index in [-0.39, 0.29) is 11.7 Å². The molecule has 1 aromatic rings. The number of fused-ring (bicyclic) bond motifs is 1. The number of carbonyl (C=O) groups is 2. The number of Topliss-reactive ketones (excluding diaryl/α,β-unsaturated/α-hetero) is 1. The van der Waals surface area contributed by atoms with E-state index in [9.17, 15) is 9.59 Å². The Hall–Kier alpha value is -1.64. The van der Waals surface area contributed by atoms with Gasteiger partial charge < -0.3 is 4.90 Å². The minimum absolute atomic E-state index is 0.359. The van der Waals surface area contributed by atoms with Gasteiger partial charge in [0, 0.05) is 6.54 Å². The Morgan fingerprint density at radius 3 is 2.53 bits per heavy atom. The van der Waals surface area contributed by atoms with Crippen LogP contribution in [-0.2, 0) is 4.79 Å². The Morgan fingerprint density at radius 1 is 1.21 bits per heavy atom. The number of benzene rings is 1. The monoisotopic (exact) mass is 259 g/mol. The number of aryl methyl sites for hydroxylation is 1. The molecule has 1 unspecified atom stereocenters. The number of ketones is 1. The zero-order valence-electron chi connectivity index (χ0n) is 12.1. The number of nitrogens with zero attached hydrogens (tertiary/aromatic N) is 1. The van der Waals surface area contributed by atoms with Crippen molar-refractivity contribution >= 4 is 17.4 Å². The third-order valence-corrected chi connectivity index (χ3v) is 3.93. The maximum Gasteiger partial charge on any atom is 0.299 e. The predicted molar refractivity (Wildman–Crippen MR) is 76.7 cm³/mol. The molecule has 1 amide bonds. The summed E-state index contributed by atoms with van der Waals surface area (Å²) < 4.78 is 0. The minimum atomic E-state index is -0.369. The van der Waals surface area contributed by atoms with Gasteiger partial charge in [-0.3, -0.25) is 9.59 Å². The summed E-state index contributed by atoms with van der Waals surface area (Å²) in [6.45, 7) is 8.89. The number of rotatable bonds is 4. The van der Waals surface area contributed by atoms with Crippen LogP contribution in [0.15, 0.2) is 12.1 Å². The summed E-state index contributed by atoms with van der Waals surface area (Å²) in [5.74, 6) is -0.318. The van der Waals surface area contributed by atoms with Gasteiger partial charge in [0.15, 0.2) is 0 Å². The average molecular weight is 259 g/mol. The van der Waals surface area contributed by atoms with Gasteiger partial charge >= 0.3 is 0 Å². The van der Waals surface area contributed by atoms with Crippen molar-refractivity contribution in [2.45, 2.75) is 40.5 Å². The summed E-state index contributed by atoms with van der Waals surface area (Å²) in [5, 5.41) is 0. The van der Waals surface area contributed by atoms with Crippen LogP contribution in [0.1, 0.15) is 48.2 Å². The third-order valence-electron chi connectivity index (χ3n) is 3.93. The van der Waals surface area contributed by atoms with Crippen LogP contribution in [0, 0.1) is 19.8 Å². The maximum absolute atomic E-state index is 12.1. The summed E-state index contributed by atoms with van der Waals surface area (Å²) in [7, 11) is 0. The normalized spacial score (nSPS) is 15.9. The second-order valence-corrected chi connectivity index (χ2v) is 5.54. The molecular weight excluding hydrogens is 238 g/mol. The van der Waals surface area contributed by atoms with Crippen LogP contribution >= 0.6 is 0 Å². The summed E-state index contributed by atoms with van der Waals surface area (Å²) in [5.41, 5.74) is 3.56. The molecule has 0 saturated heterocycles. The smallest absolute Gasteiger partial charge is 0.299 e. The fourth-order valence-corrected chi connectivity index (χ4v) is 2.74. The first kappa shape index (κ1) is 13.8. The zero-order valence-corrected chi connectivity index (χ0v) is 12.1. The Morgan fingerprint density at radius 2 is 1.89 bits per heavy atom. The van der Waals surface area contributed by atoms with E-state index in [1.807, 2.05) is 19.9 Å². The first-order chi connectivity index (χ1) is 8.97. The molecule has 3 nitrogen and oxygen atoms in total.